The summed E-state index contributed by atoms with van der Waals surface area (Å²) in [6, 6.07) is 0.156. The van der Waals surface area contributed by atoms with E-state index in [2.05, 4.69) is 24.1 Å². The molecule has 1 saturated heterocycles. The maximum absolute atomic E-state index is 9.92. The molecule has 0 aromatic carbocycles. The van der Waals surface area contributed by atoms with Crippen LogP contribution in [0.25, 0.3) is 0 Å². The molecule has 1 aliphatic rings. The molecule has 6 heteroatoms. The highest BCUT2D eigenvalue weighted by atomic mass is 32.1. The van der Waals surface area contributed by atoms with Crippen LogP contribution in [0.5, 0.6) is 0 Å². The second-order valence-corrected chi connectivity index (χ2v) is 6.62. The third-order valence-corrected chi connectivity index (χ3v) is 4.91. The SMILES string of the molecule is CCc1cnc(C(C)NCC(O)COCC2CCCO2)s1. The van der Waals surface area contributed by atoms with Crippen molar-refractivity contribution >= 4 is 11.3 Å². The van der Waals surface area contributed by atoms with E-state index in [0.717, 1.165) is 30.9 Å². The van der Waals surface area contributed by atoms with Crippen molar-refractivity contribution < 1.29 is 14.6 Å². The smallest absolute Gasteiger partial charge is 0.109 e. The minimum atomic E-state index is -0.500. The molecule has 3 atom stereocenters. The highest BCUT2D eigenvalue weighted by Crippen LogP contribution is 2.20. The largest absolute Gasteiger partial charge is 0.389 e. The van der Waals surface area contributed by atoms with Crippen molar-refractivity contribution in [3.05, 3.63) is 16.1 Å². The van der Waals surface area contributed by atoms with E-state index < -0.39 is 6.10 Å². The van der Waals surface area contributed by atoms with Crippen molar-refractivity contribution in [2.24, 2.45) is 0 Å². The first-order valence-electron chi connectivity index (χ1n) is 7.74. The fourth-order valence-electron chi connectivity index (χ4n) is 2.26. The summed E-state index contributed by atoms with van der Waals surface area (Å²) in [6.07, 6.45) is 4.84. The van der Waals surface area contributed by atoms with Crippen molar-refractivity contribution in [2.75, 3.05) is 26.4 Å². The van der Waals surface area contributed by atoms with Crippen molar-refractivity contribution in [3.63, 3.8) is 0 Å². The molecule has 3 unspecified atom stereocenters. The fraction of sp³-hybridized carbons (Fsp3) is 0.800. The molecule has 1 fully saturated rings. The fourth-order valence-corrected chi connectivity index (χ4v) is 3.14. The van der Waals surface area contributed by atoms with E-state index in [1.807, 2.05) is 6.20 Å². The van der Waals surface area contributed by atoms with E-state index in [0.29, 0.717) is 19.8 Å². The molecular formula is C15H26N2O3S. The lowest BCUT2D eigenvalue weighted by Crippen LogP contribution is -2.33. The van der Waals surface area contributed by atoms with Gasteiger partial charge in [0.1, 0.15) is 5.01 Å². The number of thiazole rings is 1. The van der Waals surface area contributed by atoms with Gasteiger partial charge in [0, 0.05) is 24.2 Å². The first-order valence-corrected chi connectivity index (χ1v) is 8.56. The minimum absolute atomic E-state index is 0.156. The van der Waals surface area contributed by atoms with Crippen LogP contribution in [0.15, 0.2) is 6.20 Å². The van der Waals surface area contributed by atoms with Gasteiger partial charge in [-0.3, -0.25) is 0 Å². The first kappa shape index (κ1) is 16.8. The van der Waals surface area contributed by atoms with Crippen molar-refractivity contribution in [2.45, 2.75) is 51.4 Å². The normalized spacial score (nSPS) is 21.6. The Labute approximate surface area is 130 Å². The first-order chi connectivity index (χ1) is 10.2. The van der Waals surface area contributed by atoms with Crippen LogP contribution in [0.4, 0.5) is 0 Å². The second-order valence-electron chi connectivity index (χ2n) is 5.47. The number of rotatable bonds is 9. The van der Waals surface area contributed by atoms with Gasteiger partial charge in [-0.25, -0.2) is 4.98 Å². The lowest BCUT2D eigenvalue weighted by molar-refractivity contribution is -0.0168. The molecule has 120 valence electrons. The standard InChI is InChI=1S/C15H26N2O3S/c1-3-14-8-17-15(21-14)11(2)16-7-12(18)9-19-10-13-5-4-6-20-13/h8,11-13,16,18H,3-7,9-10H2,1-2H3. The topological polar surface area (TPSA) is 63.6 Å². The molecule has 0 aliphatic carbocycles. The van der Waals surface area contributed by atoms with Crippen LogP contribution in [0.1, 0.15) is 42.6 Å². The van der Waals surface area contributed by atoms with Crippen LogP contribution >= 0.6 is 11.3 Å². The zero-order valence-corrected chi connectivity index (χ0v) is 13.7. The third kappa shape index (κ3) is 5.64. The highest BCUT2D eigenvalue weighted by molar-refractivity contribution is 7.11. The molecule has 1 aliphatic heterocycles. The number of ether oxygens (including phenoxy) is 2. The van der Waals surface area contributed by atoms with Gasteiger partial charge in [0.25, 0.3) is 0 Å². The number of nitrogens with one attached hydrogen (secondary N) is 1. The van der Waals surface area contributed by atoms with E-state index in [4.69, 9.17) is 9.47 Å². The molecule has 0 spiro atoms. The summed E-state index contributed by atoms with van der Waals surface area (Å²) < 4.78 is 11.0. The van der Waals surface area contributed by atoms with E-state index in [-0.39, 0.29) is 12.1 Å². The maximum Gasteiger partial charge on any atom is 0.109 e. The Hall–Kier alpha value is -0.530. The van der Waals surface area contributed by atoms with Gasteiger partial charge in [-0.15, -0.1) is 11.3 Å². The summed E-state index contributed by atoms with van der Waals surface area (Å²) in [4.78, 5) is 5.70. The molecule has 0 bridgehead atoms. The lowest BCUT2D eigenvalue weighted by Gasteiger charge is -2.17. The Morgan fingerprint density at radius 2 is 2.48 bits per heavy atom. The molecular weight excluding hydrogens is 288 g/mol. The number of aromatic nitrogens is 1. The van der Waals surface area contributed by atoms with Crippen LogP contribution in [-0.4, -0.2) is 48.7 Å². The lowest BCUT2D eigenvalue weighted by atomic mass is 10.2. The van der Waals surface area contributed by atoms with Crippen LogP contribution < -0.4 is 5.32 Å². The van der Waals surface area contributed by atoms with Crippen LogP contribution in [0.2, 0.25) is 0 Å². The predicted molar refractivity (Wildman–Crippen MR) is 83.7 cm³/mol. The molecule has 2 N–H and O–H groups in total. The van der Waals surface area contributed by atoms with Crippen molar-refractivity contribution in [3.8, 4) is 0 Å². The summed E-state index contributed by atoms with van der Waals surface area (Å²) in [5.41, 5.74) is 0. The zero-order chi connectivity index (χ0) is 15.1. The van der Waals surface area contributed by atoms with Gasteiger partial charge in [0.2, 0.25) is 0 Å². The predicted octanol–water partition coefficient (Wildman–Crippen LogP) is 1.91. The van der Waals surface area contributed by atoms with E-state index in [9.17, 15) is 5.11 Å². The quantitative estimate of drug-likeness (QED) is 0.729. The summed E-state index contributed by atoms with van der Waals surface area (Å²) in [6.45, 7) is 6.47. The average Bonchev–Trinajstić information content (AvgIpc) is 3.15. The Bertz CT molecular complexity index is 407. The van der Waals surface area contributed by atoms with Gasteiger partial charge in [0.05, 0.1) is 31.5 Å². The van der Waals surface area contributed by atoms with E-state index in [1.165, 1.54) is 4.88 Å². The molecule has 0 radical (unpaired) electrons. The molecule has 1 aromatic heterocycles. The summed E-state index contributed by atoms with van der Waals surface area (Å²) in [5, 5.41) is 14.3. The molecule has 1 aromatic rings. The number of hydrogen-bond donors (Lipinski definition) is 2. The van der Waals surface area contributed by atoms with Crippen molar-refractivity contribution in [1.82, 2.24) is 10.3 Å². The van der Waals surface area contributed by atoms with Gasteiger partial charge >= 0.3 is 0 Å². The maximum atomic E-state index is 9.92. The second kappa shape index (κ2) is 8.80. The Kier molecular flexibility index (Phi) is 7.06. The average molecular weight is 314 g/mol. The number of aliphatic hydroxyl groups is 1. The third-order valence-electron chi connectivity index (χ3n) is 3.59. The van der Waals surface area contributed by atoms with Crippen molar-refractivity contribution in [1.29, 1.82) is 0 Å². The molecule has 0 saturated carbocycles. The Morgan fingerprint density at radius 3 is 3.14 bits per heavy atom. The van der Waals surface area contributed by atoms with Gasteiger partial charge in [-0.05, 0) is 26.2 Å². The number of aliphatic hydroxyl groups excluding tert-OH is 1. The molecule has 21 heavy (non-hydrogen) atoms. The Balaban J connectivity index is 1.60. The van der Waals surface area contributed by atoms with Crippen LogP contribution in [0.3, 0.4) is 0 Å². The molecule has 2 heterocycles. The van der Waals surface area contributed by atoms with E-state index >= 15 is 0 Å². The monoisotopic (exact) mass is 314 g/mol. The van der Waals surface area contributed by atoms with Gasteiger partial charge < -0.3 is 19.9 Å². The summed E-state index contributed by atoms with van der Waals surface area (Å²) in [7, 11) is 0. The zero-order valence-electron chi connectivity index (χ0n) is 12.9. The van der Waals surface area contributed by atoms with E-state index in [1.54, 1.807) is 11.3 Å². The van der Waals surface area contributed by atoms with Gasteiger partial charge in [-0.2, -0.15) is 0 Å². The summed E-state index contributed by atoms with van der Waals surface area (Å²) >= 11 is 1.72. The van der Waals surface area contributed by atoms with Crippen LogP contribution in [0, 0.1) is 0 Å². The Morgan fingerprint density at radius 1 is 1.62 bits per heavy atom. The molecule has 2 rings (SSSR count). The number of hydrogen-bond acceptors (Lipinski definition) is 6. The van der Waals surface area contributed by atoms with Gasteiger partial charge in [0.15, 0.2) is 0 Å². The molecule has 0 amide bonds. The van der Waals surface area contributed by atoms with Gasteiger partial charge in [-0.1, -0.05) is 6.92 Å². The summed E-state index contributed by atoms with van der Waals surface area (Å²) in [5.74, 6) is 0. The number of nitrogens with zero attached hydrogens (tertiary/aromatic N) is 1. The number of aryl methyl sites for hydroxylation is 1. The highest BCUT2D eigenvalue weighted by Gasteiger charge is 2.16. The van der Waals surface area contributed by atoms with Crippen LogP contribution in [-0.2, 0) is 15.9 Å². The minimum Gasteiger partial charge on any atom is -0.389 e. The molecule has 5 nitrogen and oxygen atoms in total.